The molecule has 0 bridgehead atoms. The van der Waals surface area contributed by atoms with Crippen molar-refractivity contribution in [2.24, 2.45) is 5.92 Å². The first kappa shape index (κ1) is 24.5. The van der Waals surface area contributed by atoms with Gasteiger partial charge in [-0.1, -0.05) is 29.0 Å². The zero-order chi connectivity index (χ0) is 21.7. The van der Waals surface area contributed by atoms with E-state index in [9.17, 15) is 9.59 Å². The first-order valence-electron chi connectivity index (χ1n) is 9.39. The van der Waals surface area contributed by atoms with E-state index >= 15 is 8.78 Å². The molecule has 5 nitrogen and oxygen atoms in total. The zero-order valence-corrected chi connectivity index (χ0v) is 20.6. The summed E-state index contributed by atoms with van der Waals surface area (Å²) >= 11 is 4.03. The Balaban J connectivity index is 2.44. The number of carbonyl (C=O) groups is 2. The maximum absolute atomic E-state index is 15.0. The highest BCUT2D eigenvalue weighted by atomic mass is 127. The standard InChI is InChI=1S/C20H24F2I2O5/c1-3-28-18(26)19(24)9-5-4-6-17(25)29-20(21,22)14(12-19)10-13-11-15(23)7-8-16(13)27-2/h7-8,11,14H,3-6,9-10,12H2,1-2H3. The lowest BCUT2D eigenvalue weighted by atomic mass is 9.85. The van der Waals surface area contributed by atoms with Crippen molar-refractivity contribution in [1.82, 2.24) is 0 Å². The van der Waals surface area contributed by atoms with Gasteiger partial charge < -0.3 is 14.2 Å². The van der Waals surface area contributed by atoms with E-state index in [4.69, 9.17) is 9.47 Å². The molecule has 0 aromatic heterocycles. The molecule has 162 valence electrons. The van der Waals surface area contributed by atoms with Crippen molar-refractivity contribution >= 4 is 57.1 Å². The molecule has 1 aromatic rings. The zero-order valence-electron chi connectivity index (χ0n) is 16.3. The number of esters is 2. The number of ether oxygens (including phenoxy) is 3. The van der Waals surface area contributed by atoms with Gasteiger partial charge in [-0.25, -0.2) is 0 Å². The second-order valence-corrected chi connectivity index (χ2v) is 10.3. The van der Waals surface area contributed by atoms with Crippen LogP contribution >= 0.6 is 45.2 Å². The van der Waals surface area contributed by atoms with E-state index in [0.29, 0.717) is 30.6 Å². The average Bonchev–Trinajstić information content (AvgIpc) is 2.64. The molecular weight excluding hydrogens is 612 g/mol. The van der Waals surface area contributed by atoms with Crippen LogP contribution < -0.4 is 4.74 Å². The minimum Gasteiger partial charge on any atom is -0.496 e. The van der Waals surface area contributed by atoms with Gasteiger partial charge in [-0.05, 0) is 79.0 Å². The van der Waals surface area contributed by atoms with Crippen molar-refractivity contribution < 1.29 is 32.6 Å². The molecule has 29 heavy (non-hydrogen) atoms. The van der Waals surface area contributed by atoms with Crippen LogP contribution in [0.25, 0.3) is 0 Å². The van der Waals surface area contributed by atoms with Gasteiger partial charge in [-0.2, -0.15) is 8.78 Å². The van der Waals surface area contributed by atoms with Crippen molar-refractivity contribution in [3.05, 3.63) is 27.3 Å². The Morgan fingerprint density at radius 2 is 2.07 bits per heavy atom. The summed E-state index contributed by atoms with van der Waals surface area (Å²) in [5.74, 6) is -2.37. The first-order valence-corrected chi connectivity index (χ1v) is 11.5. The van der Waals surface area contributed by atoms with E-state index < -0.39 is 27.4 Å². The van der Waals surface area contributed by atoms with Gasteiger partial charge in [0.1, 0.15) is 9.17 Å². The quantitative estimate of drug-likeness (QED) is 0.250. The number of alkyl halides is 3. The summed E-state index contributed by atoms with van der Waals surface area (Å²) in [6, 6.07) is 5.29. The molecule has 1 aliphatic heterocycles. The van der Waals surface area contributed by atoms with Crippen molar-refractivity contribution in [3.8, 4) is 5.75 Å². The number of benzene rings is 1. The molecule has 1 fully saturated rings. The van der Waals surface area contributed by atoms with Gasteiger partial charge in [0.25, 0.3) is 0 Å². The predicted octanol–water partition coefficient (Wildman–Crippen LogP) is 5.30. The Morgan fingerprint density at radius 3 is 2.72 bits per heavy atom. The van der Waals surface area contributed by atoms with Crippen LogP contribution in [-0.4, -0.2) is 35.2 Å². The molecule has 0 N–H and O–H groups in total. The number of methoxy groups -OCH3 is 1. The molecule has 1 heterocycles. The molecule has 1 aliphatic rings. The molecule has 2 rings (SSSR count). The Morgan fingerprint density at radius 1 is 1.34 bits per heavy atom. The van der Waals surface area contributed by atoms with Gasteiger partial charge in [0.2, 0.25) is 0 Å². The monoisotopic (exact) mass is 636 g/mol. The normalized spacial score (nSPS) is 25.0. The minimum atomic E-state index is -3.72. The molecule has 2 unspecified atom stereocenters. The van der Waals surface area contributed by atoms with Gasteiger partial charge in [0.05, 0.1) is 19.6 Å². The number of cyclic esters (lactones) is 1. The molecule has 9 heteroatoms. The van der Waals surface area contributed by atoms with Crippen molar-refractivity contribution in [2.75, 3.05) is 13.7 Å². The van der Waals surface area contributed by atoms with E-state index in [1.54, 1.807) is 19.1 Å². The molecule has 0 amide bonds. The van der Waals surface area contributed by atoms with Crippen LogP contribution in [0.4, 0.5) is 8.78 Å². The van der Waals surface area contributed by atoms with Crippen LogP contribution in [-0.2, 0) is 25.5 Å². The van der Waals surface area contributed by atoms with Gasteiger partial charge in [0.15, 0.2) is 0 Å². The smallest absolute Gasteiger partial charge is 0.403 e. The van der Waals surface area contributed by atoms with Crippen molar-refractivity contribution in [3.63, 3.8) is 0 Å². The van der Waals surface area contributed by atoms with Gasteiger partial charge in [-0.15, -0.1) is 0 Å². The summed E-state index contributed by atoms with van der Waals surface area (Å²) in [6.45, 7) is 1.85. The molecule has 2 atom stereocenters. The van der Waals surface area contributed by atoms with Crippen LogP contribution in [0.1, 0.15) is 44.6 Å². The molecule has 1 saturated heterocycles. The Labute approximate surface area is 196 Å². The topological polar surface area (TPSA) is 61.8 Å². The summed E-state index contributed by atoms with van der Waals surface area (Å²) in [5, 5.41) is 0. The lowest BCUT2D eigenvalue weighted by Gasteiger charge is -2.34. The number of rotatable bonds is 5. The van der Waals surface area contributed by atoms with Crippen LogP contribution in [0, 0.1) is 9.49 Å². The van der Waals surface area contributed by atoms with E-state index in [2.05, 4.69) is 27.3 Å². The fourth-order valence-electron chi connectivity index (χ4n) is 3.38. The molecule has 0 radical (unpaired) electrons. The lowest BCUT2D eigenvalue weighted by Crippen LogP contribution is -2.44. The Hall–Kier alpha value is -0.720. The summed E-state index contributed by atoms with van der Waals surface area (Å²) < 4.78 is 44.9. The third kappa shape index (κ3) is 6.63. The third-order valence-corrected chi connectivity index (χ3v) is 6.94. The highest BCUT2D eigenvalue weighted by Crippen LogP contribution is 2.43. The van der Waals surface area contributed by atoms with E-state index in [-0.39, 0.29) is 25.9 Å². The van der Waals surface area contributed by atoms with Gasteiger partial charge >= 0.3 is 18.0 Å². The van der Waals surface area contributed by atoms with Crippen molar-refractivity contribution in [2.45, 2.75) is 55.0 Å². The van der Waals surface area contributed by atoms with Crippen LogP contribution in [0.5, 0.6) is 5.75 Å². The Kier molecular flexibility index (Phi) is 8.92. The highest BCUT2D eigenvalue weighted by Gasteiger charge is 2.50. The average molecular weight is 636 g/mol. The maximum Gasteiger partial charge on any atom is 0.403 e. The molecule has 0 spiro atoms. The number of hydrogen-bond donors (Lipinski definition) is 0. The molecular formula is C20H24F2I2O5. The van der Waals surface area contributed by atoms with Crippen LogP contribution in [0.15, 0.2) is 18.2 Å². The van der Waals surface area contributed by atoms with Gasteiger partial charge in [-0.3, -0.25) is 9.59 Å². The second kappa shape index (κ2) is 10.5. The summed E-state index contributed by atoms with van der Waals surface area (Å²) in [6.07, 6.45) is -2.83. The first-order chi connectivity index (χ1) is 13.6. The fraction of sp³-hybridized carbons (Fsp3) is 0.600. The van der Waals surface area contributed by atoms with E-state index in [0.717, 1.165) is 3.57 Å². The minimum absolute atomic E-state index is 0.107. The second-order valence-electron chi connectivity index (χ2n) is 6.99. The predicted molar refractivity (Wildman–Crippen MR) is 120 cm³/mol. The lowest BCUT2D eigenvalue weighted by molar-refractivity contribution is -0.261. The highest BCUT2D eigenvalue weighted by molar-refractivity contribution is 14.1. The summed E-state index contributed by atoms with van der Waals surface area (Å²) in [4.78, 5) is 24.5. The van der Waals surface area contributed by atoms with Crippen LogP contribution in [0.2, 0.25) is 0 Å². The number of hydrogen-bond acceptors (Lipinski definition) is 5. The molecule has 0 saturated carbocycles. The van der Waals surface area contributed by atoms with Crippen LogP contribution in [0.3, 0.4) is 0 Å². The Bertz CT molecular complexity index is 744. The van der Waals surface area contributed by atoms with E-state index in [1.807, 2.05) is 28.7 Å². The van der Waals surface area contributed by atoms with Crippen molar-refractivity contribution in [1.29, 1.82) is 0 Å². The van der Waals surface area contributed by atoms with Gasteiger partial charge in [0, 0.05) is 9.99 Å². The number of carbonyl (C=O) groups excluding carboxylic acids is 2. The largest absolute Gasteiger partial charge is 0.496 e. The third-order valence-electron chi connectivity index (χ3n) is 4.85. The molecule has 1 aromatic carbocycles. The summed E-state index contributed by atoms with van der Waals surface area (Å²) in [5.41, 5.74) is 0.569. The fourth-order valence-corrected chi connectivity index (χ4v) is 5.01. The van der Waals surface area contributed by atoms with E-state index in [1.165, 1.54) is 7.11 Å². The maximum atomic E-state index is 15.0. The number of halogens is 4. The molecule has 0 aliphatic carbocycles. The SMILES string of the molecule is CCOC(=O)C1(I)CCCCC(=O)OC(F)(F)C(Cc2cc(I)ccc2OC)C1. The summed E-state index contributed by atoms with van der Waals surface area (Å²) in [7, 11) is 1.47.